The van der Waals surface area contributed by atoms with Gasteiger partial charge in [0.05, 0.1) is 19.1 Å². The van der Waals surface area contributed by atoms with Gasteiger partial charge in [0, 0.05) is 23.3 Å². The van der Waals surface area contributed by atoms with Crippen LogP contribution in [0, 0.1) is 0 Å². The molecule has 0 unspecified atom stereocenters. The average molecular weight is 446 g/mol. The molecule has 10 heteroatoms. The van der Waals surface area contributed by atoms with Gasteiger partial charge in [0.2, 0.25) is 13.1 Å². The van der Waals surface area contributed by atoms with Gasteiger partial charge in [-0.05, 0) is 18.2 Å². The quantitative estimate of drug-likeness (QED) is 0.518. The van der Waals surface area contributed by atoms with Crippen LogP contribution in [-0.4, -0.2) is 71.1 Å². The molecule has 0 aliphatic carbocycles. The van der Waals surface area contributed by atoms with E-state index in [1.54, 1.807) is 12.1 Å². The standard InChI is InChI=1S/C22H22O10/c23-6-17-18(24)19(25)20(26)22(32-17)30-9-1-2-10-13(3-9)27-7-12-11-4-15-16(29-8-28-15)5-14(11)31-21(10)12/h1-5,12,17-26H,6-8H2/t12-,17-,18+,19-,20-,21-,22+/m1/s1. The first kappa shape index (κ1) is 19.9. The van der Waals surface area contributed by atoms with Crippen LogP contribution in [0.3, 0.4) is 0 Å². The maximum Gasteiger partial charge on any atom is 0.231 e. The van der Waals surface area contributed by atoms with Crippen LogP contribution in [0.1, 0.15) is 23.1 Å². The van der Waals surface area contributed by atoms with Gasteiger partial charge in [-0.1, -0.05) is 0 Å². The molecule has 32 heavy (non-hydrogen) atoms. The first-order valence-electron chi connectivity index (χ1n) is 10.4. The zero-order chi connectivity index (χ0) is 22.0. The molecule has 7 atom stereocenters. The molecule has 4 aliphatic rings. The van der Waals surface area contributed by atoms with Gasteiger partial charge < -0.3 is 48.8 Å². The Hall–Kier alpha value is -2.76. The lowest BCUT2D eigenvalue weighted by molar-refractivity contribution is -0.277. The summed E-state index contributed by atoms with van der Waals surface area (Å²) in [6.07, 6.45) is -7.01. The molecule has 6 rings (SSSR count). The molecule has 10 nitrogen and oxygen atoms in total. The third-order valence-corrected chi connectivity index (χ3v) is 6.33. The van der Waals surface area contributed by atoms with E-state index in [9.17, 15) is 20.4 Å². The van der Waals surface area contributed by atoms with Gasteiger partial charge in [-0.25, -0.2) is 0 Å². The van der Waals surface area contributed by atoms with Crippen LogP contribution in [0.25, 0.3) is 0 Å². The van der Waals surface area contributed by atoms with Crippen molar-refractivity contribution in [3.8, 4) is 28.7 Å². The van der Waals surface area contributed by atoms with E-state index in [0.717, 1.165) is 16.9 Å². The monoisotopic (exact) mass is 446 g/mol. The highest BCUT2D eigenvalue weighted by atomic mass is 16.7. The second-order valence-corrected chi connectivity index (χ2v) is 8.21. The van der Waals surface area contributed by atoms with Crippen LogP contribution < -0.4 is 23.7 Å². The Bertz CT molecular complexity index is 1040. The van der Waals surface area contributed by atoms with Crippen molar-refractivity contribution in [2.75, 3.05) is 20.0 Å². The lowest BCUT2D eigenvalue weighted by Gasteiger charge is -2.39. The van der Waals surface area contributed by atoms with Crippen molar-refractivity contribution in [2.45, 2.75) is 42.7 Å². The molecule has 2 aromatic carbocycles. The molecule has 2 aromatic rings. The number of rotatable bonds is 3. The van der Waals surface area contributed by atoms with Gasteiger partial charge in [0.15, 0.2) is 11.5 Å². The third kappa shape index (κ3) is 2.99. The predicted octanol–water partition coefficient (Wildman–Crippen LogP) is 0.204. The van der Waals surface area contributed by atoms with E-state index < -0.39 is 37.3 Å². The molecule has 1 saturated heterocycles. The Morgan fingerprint density at radius 2 is 1.66 bits per heavy atom. The number of aliphatic hydroxyl groups excluding tert-OH is 4. The Labute approximate surface area is 182 Å². The zero-order valence-electron chi connectivity index (χ0n) is 16.8. The van der Waals surface area contributed by atoms with E-state index in [-0.39, 0.29) is 18.8 Å². The van der Waals surface area contributed by atoms with Crippen molar-refractivity contribution < 1.29 is 48.8 Å². The Kier molecular flexibility index (Phi) is 4.60. The van der Waals surface area contributed by atoms with Gasteiger partial charge in [-0.15, -0.1) is 0 Å². The maximum atomic E-state index is 10.2. The second-order valence-electron chi connectivity index (χ2n) is 8.21. The summed E-state index contributed by atoms with van der Waals surface area (Å²) in [5.41, 5.74) is 1.85. The normalized spacial score (nSPS) is 34.1. The first-order chi connectivity index (χ1) is 15.5. The fraction of sp³-hybridized carbons (Fsp3) is 0.455. The van der Waals surface area contributed by atoms with Gasteiger partial charge in [-0.3, -0.25) is 0 Å². The van der Waals surface area contributed by atoms with E-state index in [1.165, 1.54) is 0 Å². The summed E-state index contributed by atoms with van der Waals surface area (Å²) < 4.78 is 34.2. The molecule has 170 valence electrons. The van der Waals surface area contributed by atoms with Crippen molar-refractivity contribution in [1.29, 1.82) is 0 Å². The van der Waals surface area contributed by atoms with Gasteiger partial charge in [0.1, 0.15) is 47.8 Å². The van der Waals surface area contributed by atoms with E-state index in [0.29, 0.717) is 29.6 Å². The average Bonchev–Trinajstić information content (AvgIpc) is 3.41. The summed E-state index contributed by atoms with van der Waals surface area (Å²) in [6.45, 7) is 0.0648. The largest absolute Gasteiger partial charge is 0.492 e. The number of hydrogen-bond acceptors (Lipinski definition) is 10. The molecule has 1 fully saturated rings. The van der Waals surface area contributed by atoms with Crippen molar-refractivity contribution in [2.24, 2.45) is 0 Å². The maximum absolute atomic E-state index is 10.2. The Morgan fingerprint density at radius 3 is 2.47 bits per heavy atom. The molecule has 4 aliphatic heterocycles. The van der Waals surface area contributed by atoms with Crippen molar-refractivity contribution in [1.82, 2.24) is 0 Å². The molecule has 0 spiro atoms. The minimum atomic E-state index is -1.51. The number of aliphatic hydroxyl groups is 4. The molecule has 0 saturated carbocycles. The van der Waals surface area contributed by atoms with Crippen LogP contribution in [0.4, 0.5) is 0 Å². The summed E-state index contributed by atoms with van der Waals surface area (Å²) in [4.78, 5) is 0. The van der Waals surface area contributed by atoms with Crippen molar-refractivity contribution in [3.63, 3.8) is 0 Å². The van der Waals surface area contributed by atoms with Gasteiger partial charge >= 0.3 is 0 Å². The van der Waals surface area contributed by atoms with Crippen molar-refractivity contribution >= 4 is 0 Å². The van der Waals surface area contributed by atoms with Crippen LogP contribution in [0.5, 0.6) is 28.7 Å². The lowest BCUT2D eigenvalue weighted by atomic mass is 9.89. The number of ether oxygens (including phenoxy) is 6. The van der Waals surface area contributed by atoms with Gasteiger partial charge in [0.25, 0.3) is 0 Å². The highest BCUT2D eigenvalue weighted by Gasteiger charge is 2.45. The first-order valence-corrected chi connectivity index (χ1v) is 10.4. The van der Waals surface area contributed by atoms with Crippen LogP contribution >= 0.6 is 0 Å². The number of fused-ring (bicyclic) bond motifs is 6. The summed E-state index contributed by atoms with van der Waals surface area (Å²) in [5.74, 6) is 3.00. The van der Waals surface area contributed by atoms with E-state index in [2.05, 4.69) is 0 Å². The smallest absolute Gasteiger partial charge is 0.231 e. The Balaban J connectivity index is 1.23. The van der Waals surface area contributed by atoms with Crippen LogP contribution in [0.15, 0.2) is 30.3 Å². The molecular weight excluding hydrogens is 424 g/mol. The molecule has 4 heterocycles. The van der Waals surface area contributed by atoms with Crippen LogP contribution in [-0.2, 0) is 4.74 Å². The molecule has 0 amide bonds. The van der Waals surface area contributed by atoms with Gasteiger partial charge in [-0.2, -0.15) is 0 Å². The highest BCUT2D eigenvalue weighted by molar-refractivity contribution is 5.57. The number of benzene rings is 2. The molecule has 0 radical (unpaired) electrons. The predicted molar refractivity (Wildman–Crippen MR) is 105 cm³/mol. The SMILES string of the molecule is OC[C@H]1O[C@H](Oc2ccc3c(c2)OC[C@@H]2c4cc5c(cc4O[C@H]32)OCO5)[C@H](O)[C@H](O)[C@H]1O. The van der Waals surface area contributed by atoms with E-state index in [4.69, 9.17) is 28.4 Å². The summed E-state index contributed by atoms with van der Waals surface area (Å²) in [6, 6.07) is 8.94. The topological polar surface area (TPSA) is 136 Å². The van der Waals surface area contributed by atoms with Crippen molar-refractivity contribution in [3.05, 3.63) is 41.5 Å². The van der Waals surface area contributed by atoms with E-state index in [1.807, 2.05) is 18.2 Å². The summed E-state index contributed by atoms with van der Waals surface area (Å²) >= 11 is 0. The number of hydrogen-bond donors (Lipinski definition) is 4. The minimum absolute atomic E-state index is 0.00390. The second kappa shape index (κ2) is 7.39. The summed E-state index contributed by atoms with van der Waals surface area (Å²) in [5, 5.41) is 39.4. The highest BCUT2D eigenvalue weighted by Crippen LogP contribution is 2.54. The fourth-order valence-corrected chi connectivity index (χ4v) is 4.60. The third-order valence-electron chi connectivity index (χ3n) is 6.33. The molecule has 0 bridgehead atoms. The molecular formula is C22H22O10. The van der Waals surface area contributed by atoms with Crippen LogP contribution in [0.2, 0.25) is 0 Å². The lowest BCUT2D eigenvalue weighted by Crippen LogP contribution is -2.60. The fourth-order valence-electron chi connectivity index (χ4n) is 4.60. The minimum Gasteiger partial charge on any atom is -0.492 e. The molecule has 4 N–H and O–H groups in total. The molecule has 0 aromatic heterocycles. The zero-order valence-corrected chi connectivity index (χ0v) is 16.8. The van der Waals surface area contributed by atoms with E-state index >= 15 is 0 Å². The Morgan fingerprint density at radius 1 is 0.844 bits per heavy atom. The summed E-state index contributed by atoms with van der Waals surface area (Å²) in [7, 11) is 0.